The second-order valence-corrected chi connectivity index (χ2v) is 7.66. The predicted molar refractivity (Wildman–Crippen MR) is 117 cm³/mol. The van der Waals surface area contributed by atoms with E-state index in [1.165, 1.54) is 0 Å². The summed E-state index contributed by atoms with van der Waals surface area (Å²) in [6.07, 6.45) is -0.205. The summed E-state index contributed by atoms with van der Waals surface area (Å²) < 4.78 is 12.4. The van der Waals surface area contributed by atoms with Crippen LogP contribution in [0.15, 0.2) is 88.8 Å². The van der Waals surface area contributed by atoms with Crippen LogP contribution in [0.2, 0.25) is 0 Å². The quantitative estimate of drug-likeness (QED) is 0.330. The molecule has 5 nitrogen and oxygen atoms in total. The Morgan fingerprint density at radius 3 is 1.32 bits per heavy atom. The van der Waals surface area contributed by atoms with Gasteiger partial charge >= 0.3 is 0 Å². The van der Waals surface area contributed by atoms with E-state index in [2.05, 4.69) is 38.1 Å². The summed E-state index contributed by atoms with van der Waals surface area (Å²) in [6.45, 7) is 4.12. The minimum Gasteiger partial charge on any atom is -1.00 e. The van der Waals surface area contributed by atoms with Crippen LogP contribution in [-0.2, 0) is 28.0 Å². The van der Waals surface area contributed by atoms with Crippen LogP contribution in [-0.4, -0.2) is 28.9 Å². The van der Waals surface area contributed by atoms with E-state index >= 15 is 0 Å². The van der Waals surface area contributed by atoms with Gasteiger partial charge in [0, 0.05) is 18.6 Å². The van der Waals surface area contributed by atoms with Gasteiger partial charge in [-0.05, 0) is 37.1 Å². The molecule has 179 valence electrons. The van der Waals surface area contributed by atoms with Crippen LogP contribution >= 0.6 is 0 Å². The molecule has 3 heterocycles. The third kappa shape index (κ3) is 6.15. The molecule has 0 bridgehead atoms. The largest absolute Gasteiger partial charge is 1.00 e. The maximum atomic E-state index is 6.18. The number of halogens is 3. The first-order chi connectivity index (χ1) is 14.7. The van der Waals surface area contributed by atoms with Gasteiger partial charge in [0.05, 0.1) is 12.1 Å². The Labute approximate surface area is 230 Å². The van der Waals surface area contributed by atoms with Crippen molar-refractivity contribution in [2.24, 2.45) is 9.98 Å². The van der Waals surface area contributed by atoms with Crippen LogP contribution in [0.4, 0.5) is 0 Å². The molecule has 0 saturated heterocycles. The minimum atomic E-state index is -0.103. The van der Waals surface area contributed by atoms with Crippen molar-refractivity contribution >= 4 is 11.8 Å². The first-order valence-electron chi connectivity index (χ1n) is 10.3. The van der Waals surface area contributed by atoms with Crippen molar-refractivity contribution in [3.63, 3.8) is 0 Å². The summed E-state index contributed by atoms with van der Waals surface area (Å²) in [4.78, 5) is 14.2. The fraction of sp³-hybridized carbons (Fsp3) is 0.240. The number of pyridine rings is 1. The van der Waals surface area contributed by atoms with Gasteiger partial charge in [-0.3, -0.25) is 0 Å². The van der Waals surface area contributed by atoms with Gasteiger partial charge in [0.2, 0.25) is 11.8 Å². The smallest absolute Gasteiger partial charge is 0.236 e. The standard InChI is InChI=1S/C25H23N3O2.3ClH.V/c1-16-22(18-10-5-3-6-11-18)29-24(26-16)20-14-9-15-21(28-20)25-27-17(2)23(30-25)19-12-7-4-8-13-19;;;;/h3-17,22-23H,1-2H3;3*1H;/p-3. The third-order valence-corrected chi connectivity index (χ3v) is 5.44. The average molecular weight is 555 g/mol. The normalized spacial score (nSPS) is 22.3. The molecular weight excluding hydrogens is 532 g/mol. The third-order valence-electron chi connectivity index (χ3n) is 5.44. The summed E-state index contributed by atoms with van der Waals surface area (Å²) in [5.74, 6) is 1.12. The Morgan fingerprint density at radius 1 is 0.559 bits per heavy atom. The monoisotopic (exact) mass is 553 g/mol. The second kappa shape index (κ2) is 13.2. The van der Waals surface area contributed by atoms with Crippen LogP contribution < -0.4 is 37.2 Å². The topological polar surface area (TPSA) is 56.1 Å². The van der Waals surface area contributed by atoms with E-state index < -0.39 is 0 Å². The average Bonchev–Trinajstić information content (AvgIpc) is 3.38. The fourth-order valence-electron chi connectivity index (χ4n) is 3.91. The number of ether oxygens (including phenoxy) is 2. The Morgan fingerprint density at radius 2 is 0.941 bits per heavy atom. The van der Waals surface area contributed by atoms with Crippen molar-refractivity contribution in [3.05, 3.63) is 101 Å². The summed E-state index contributed by atoms with van der Waals surface area (Å²) >= 11 is 0. The van der Waals surface area contributed by atoms with E-state index in [1.807, 2.05) is 54.6 Å². The first-order valence-corrected chi connectivity index (χ1v) is 10.3. The minimum absolute atomic E-state index is 0. The van der Waals surface area contributed by atoms with Gasteiger partial charge in [-0.1, -0.05) is 66.7 Å². The molecule has 0 saturated carbocycles. The zero-order valence-electron chi connectivity index (χ0n) is 18.6. The fourth-order valence-corrected chi connectivity index (χ4v) is 3.91. The maximum Gasteiger partial charge on any atom is 0.236 e. The van der Waals surface area contributed by atoms with Gasteiger partial charge in [0.1, 0.15) is 23.6 Å². The number of hydrogen-bond donors (Lipinski definition) is 0. The van der Waals surface area contributed by atoms with Gasteiger partial charge in [-0.2, -0.15) is 0 Å². The van der Waals surface area contributed by atoms with Gasteiger partial charge in [0.25, 0.3) is 0 Å². The molecule has 2 aliphatic rings. The Balaban J connectivity index is 0.00000144. The molecule has 3 aromatic rings. The van der Waals surface area contributed by atoms with E-state index in [-0.39, 0.29) is 80.1 Å². The SMILES string of the molecule is CC1N=C(c2cccc(C3=NC(C)C(c4ccccc4)O3)n2)OC1c1ccccc1.[Cl-].[Cl-].[Cl-].[V]. The van der Waals surface area contributed by atoms with Crippen molar-refractivity contribution in [1.29, 1.82) is 0 Å². The van der Waals surface area contributed by atoms with Gasteiger partial charge in [-0.25, -0.2) is 15.0 Å². The number of aliphatic imine (C=N–C) groups is 2. The molecule has 4 atom stereocenters. The van der Waals surface area contributed by atoms with Crippen LogP contribution in [0.5, 0.6) is 0 Å². The van der Waals surface area contributed by atoms with E-state index in [9.17, 15) is 0 Å². The number of rotatable bonds is 4. The summed E-state index contributed by atoms with van der Waals surface area (Å²) in [5.41, 5.74) is 3.62. The predicted octanol–water partition coefficient (Wildman–Crippen LogP) is -4.10. The molecule has 0 fully saturated rings. The Kier molecular flexibility index (Phi) is 11.6. The molecule has 2 aromatic carbocycles. The van der Waals surface area contributed by atoms with E-state index in [1.54, 1.807) is 0 Å². The summed E-state index contributed by atoms with van der Waals surface area (Å²) in [7, 11) is 0. The molecular formula is C25H23Cl3N3O2V-3. The molecule has 1 aromatic heterocycles. The molecule has 2 aliphatic heterocycles. The van der Waals surface area contributed by atoms with E-state index in [0.717, 1.165) is 11.1 Å². The molecule has 0 amide bonds. The van der Waals surface area contributed by atoms with Crippen molar-refractivity contribution in [2.45, 2.75) is 38.1 Å². The summed E-state index contributed by atoms with van der Waals surface area (Å²) in [5, 5.41) is 0. The number of benzene rings is 2. The molecule has 0 N–H and O–H groups in total. The van der Waals surface area contributed by atoms with Crippen LogP contribution in [0.1, 0.15) is 48.6 Å². The molecule has 1 radical (unpaired) electrons. The van der Waals surface area contributed by atoms with Crippen LogP contribution in [0.25, 0.3) is 0 Å². The Bertz CT molecular complexity index is 1030. The molecule has 0 aliphatic carbocycles. The van der Waals surface area contributed by atoms with Crippen molar-refractivity contribution in [3.8, 4) is 0 Å². The first kappa shape index (κ1) is 30.0. The number of aromatic nitrogens is 1. The molecule has 4 unspecified atom stereocenters. The molecule has 0 spiro atoms. The van der Waals surface area contributed by atoms with Crippen molar-refractivity contribution in [1.82, 2.24) is 4.98 Å². The van der Waals surface area contributed by atoms with Crippen molar-refractivity contribution in [2.75, 3.05) is 0 Å². The van der Waals surface area contributed by atoms with E-state index in [0.29, 0.717) is 23.2 Å². The Hall–Kier alpha value is -2.02. The maximum absolute atomic E-state index is 6.18. The van der Waals surface area contributed by atoms with Gasteiger partial charge in [0.15, 0.2) is 0 Å². The zero-order chi connectivity index (χ0) is 20.5. The van der Waals surface area contributed by atoms with Crippen LogP contribution in [0.3, 0.4) is 0 Å². The van der Waals surface area contributed by atoms with Crippen LogP contribution in [0, 0.1) is 0 Å². The summed E-state index contributed by atoms with van der Waals surface area (Å²) in [6, 6.07) is 26.1. The number of nitrogens with zero attached hydrogens (tertiary/aromatic N) is 3. The second-order valence-electron chi connectivity index (χ2n) is 7.66. The van der Waals surface area contributed by atoms with Crippen molar-refractivity contribution < 1.29 is 65.3 Å². The molecule has 5 rings (SSSR count). The zero-order valence-corrected chi connectivity index (χ0v) is 22.2. The van der Waals surface area contributed by atoms with Gasteiger partial charge < -0.3 is 46.7 Å². The number of hydrogen-bond acceptors (Lipinski definition) is 5. The van der Waals surface area contributed by atoms with Gasteiger partial charge in [-0.15, -0.1) is 0 Å². The molecule has 34 heavy (non-hydrogen) atoms. The molecule has 9 heteroatoms. The van der Waals surface area contributed by atoms with E-state index in [4.69, 9.17) is 24.4 Å².